The van der Waals surface area contributed by atoms with E-state index in [-0.39, 0.29) is 58.8 Å². The van der Waals surface area contributed by atoms with Gasteiger partial charge >= 0.3 is 197 Å². The minimum absolute atomic E-state index is 0. The van der Waals surface area contributed by atoms with Crippen molar-refractivity contribution in [1.29, 1.82) is 0 Å². The molecule has 0 aliphatic heterocycles. The van der Waals surface area contributed by atoms with Crippen LogP contribution in [0.3, 0.4) is 0 Å². The van der Waals surface area contributed by atoms with Crippen LogP contribution in [0.25, 0.3) is 0 Å². The van der Waals surface area contributed by atoms with E-state index in [9.17, 15) is 63.3 Å². The number of hydrogen-bond acceptors (Lipinski definition) is 24. The number of quaternary nitrogens is 6. The van der Waals surface area contributed by atoms with E-state index in [1.165, 1.54) is 0 Å². The maximum absolute atomic E-state index is 9.42. The molecule has 0 aromatic heterocycles. The van der Waals surface area contributed by atoms with Crippen molar-refractivity contribution in [1.82, 2.24) is 36.9 Å². The SMILES string of the molecule is O.O.O.O.[NH4+].[NH4+].[NH4+].[NH4+].[NH4+].[NH4+].[O]=[Mo](=[O])([O-])[O][Mo](=[O])(=[O])[O-].[O]=[Mo](=[O])([O-])[O][Mo](=[O])(=[O])[O-].[O]=[Mo](=[O])([O-])[O][Mo](=[O])(=[O])[O-].[O]=[Mo](=[O])=[O]. The second kappa shape index (κ2) is 35.5. The third-order valence-electron chi connectivity index (χ3n) is 0.500. The molecule has 0 amide bonds. The van der Waals surface area contributed by atoms with Gasteiger partial charge in [-0.05, 0) is 0 Å². The first-order chi connectivity index (χ1) is 12.9. The van der Waals surface area contributed by atoms with Gasteiger partial charge in [-0.1, -0.05) is 0 Å². The Balaban J connectivity index is -0.0000000187. The molecule has 0 aliphatic rings. The van der Waals surface area contributed by atoms with Crippen LogP contribution in [0.5, 0.6) is 0 Å². The molecule has 0 aromatic rings. The molecule has 32 N–H and O–H groups in total. The van der Waals surface area contributed by atoms with Gasteiger partial charge in [0.1, 0.15) is 0 Å². The van der Waals surface area contributed by atoms with Crippen LogP contribution in [0, 0.1) is 0 Å². The fourth-order valence-electron chi connectivity index (χ4n) is 0.306. The van der Waals surface area contributed by atoms with Crippen molar-refractivity contribution in [3.63, 3.8) is 0 Å². The monoisotopic (exact) mass is 1250 g/mol. The molecule has 272 valence electrons. The first-order valence-corrected chi connectivity index (χ1v) is 26.6. The van der Waals surface area contributed by atoms with Gasteiger partial charge in [-0.25, -0.2) is 0 Å². The molecule has 0 aliphatic carbocycles. The van der Waals surface area contributed by atoms with Crippen LogP contribution >= 0.6 is 0 Å². The van der Waals surface area contributed by atoms with Gasteiger partial charge in [-0.15, -0.1) is 0 Å². The number of hydrogen-bond donors (Lipinski definition) is 6. The van der Waals surface area contributed by atoms with Crippen molar-refractivity contribution in [3.05, 3.63) is 0 Å². The van der Waals surface area contributed by atoms with Crippen LogP contribution in [-0.4, -0.2) is 21.9 Å². The Morgan fingerprint density at radius 1 is 0.317 bits per heavy atom. The van der Waals surface area contributed by atoms with Crippen molar-refractivity contribution in [3.8, 4) is 0 Å². The molecular weight excluding hydrogens is 1200 g/mol. The minimum atomic E-state index is -6.37. The Kier molecular flexibility index (Phi) is 78.1. The second-order valence-electron chi connectivity index (χ2n) is 2.86. The normalized spacial score (nSPS) is 9.51. The third-order valence-corrected chi connectivity index (χ3v) is 17.5. The zero-order valence-corrected chi connectivity index (χ0v) is 34.7. The molecule has 0 heterocycles. The van der Waals surface area contributed by atoms with Gasteiger partial charge in [0.15, 0.2) is 0 Å². The summed E-state index contributed by atoms with van der Waals surface area (Å²) < 4.78 is 203. The van der Waals surface area contributed by atoms with E-state index in [4.69, 9.17) is 10.2 Å². The fraction of sp³-hybridized carbons (Fsp3) is 0. The Hall–Kier alpha value is 1.06. The van der Waals surface area contributed by atoms with Gasteiger partial charge in [0.05, 0.1) is 0 Å². The predicted octanol–water partition coefficient (Wildman–Crippen LogP) is -10.2. The summed E-state index contributed by atoms with van der Waals surface area (Å²) in [6.45, 7) is 0. The van der Waals surface area contributed by atoms with Gasteiger partial charge in [0, 0.05) is 0 Å². The van der Waals surface area contributed by atoms with Crippen molar-refractivity contribution < 1.29 is 219 Å². The average molecular weight is 1240 g/mol. The van der Waals surface area contributed by atoms with Crippen LogP contribution in [0.15, 0.2) is 0 Å². The van der Waals surface area contributed by atoms with E-state index in [2.05, 4.69) is 6.13 Å². The average Bonchev–Trinajstić information content (AvgIpc) is 2.10. The van der Waals surface area contributed by atoms with E-state index >= 15 is 0 Å². The van der Waals surface area contributed by atoms with Crippen LogP contribution in [0.1, 0.15) is 0 Å². The molecular formula is H32Mo7N6O28. The van der Waals surface area contributed by atoms with Gasteiger partial charge in [-0.2, -0.15) is 0 Å². The first kappa shape index (κ1) is 90.1. The van der Waals surface area contributed by atoms with Crippen molar-refractivity contribution in [2.75, 3.05) is 0 Å². The number of rotatable bonds is 6. The molecule has 41 heavy (non-hydrogen) atoms. The Labute approximate surface area is 253 Å². The van der Waals surface area contributed by atoms with Crippen molar-refractivity contribution in [2.24, 2.45) is 0 Å². The molecule has 0 radical (unpaired) electrons. The van der Waals surface area contributed by atoms with Gasteiger partial charge in [0.2, 0.25) is 0 Å². The van der Waals surface area contributed by atoms with E-state index in [1.54, 1.807) is 0 Å². The summed E-state index contributed by atoms with van der Waals surface area (Å²) in [6.07, 6.45) is 0. The molecule has 0 unspecified atom stereocenters. The molecule has 0 spiro atoms. The summed E-state index contributed by atoms with van der Waals surface area (Å²) in [7, 11) is 0. The molecule has 0 rings (SSSR count). The topological polar surface area (TPSA) is 767 Å². The first-order valence-electron chi connectivity index (χ1n) is 4.50. The summed E-state index contributed by atoms with van der Waals surface area (Å²) in [5, 5.41) is 0. The maximum atomic E-state index is 9.42. The van der Waals surface area contributed by atoms with Gasteiger partial charge in [0.25, 0.3) is 0 Å². The van der Waals surface area contributed by atoms with Gasteiger partial charge < -0.3 is 58.8 Å². The van der Waals surface area contributed by atoms with E-state index < -0.39 is 118 Å². The zero-order chi connectivity index (χ0) is 26.7. The van der Waals surface area contributed by atoms with Crippen LogP contribution in [0.4, 0.5) is 0 Å². The molecule has 0 saturated heterocycles. The predicted molar refractivity (Wildman–Crippen MR) is 63.9 cm³/mol. The molecule has 41 heteroatoms. The van der Waals surface area contributed by atoms with E-state index in [0.29, 0.717) is 0 Å². The Morgan fingerprint density at radius 2 is 0.366 bits per heavy atom. The summed E-state index contributed by atoms with van der Waals surface area (Å²) in [6, 6.07) is 0. The summed E-state index contributed by atoms with van der Waals surface area (Å²) in [5.41, 5.74) is 0. The van der Waals surface area contributed by atoms with Crippen molar-refractivity contribution >= 4 is 0 Å². The second-order valence-corrected chi connectivity index (χ2v) is 22.8. The Bertz CT molecular complexity index is 1070. The van der Waals surface area contributed by atoms with Crippen LogP contribution in [-0.2, 0) is 175 Å². The molecule has 0 saturated carbocycles. The zero-order valence-electron chi connectivity index (χ0n) is 20.7. The van der Waals surface area contributed by atoms with Crippen LogP contribution < -0.4 is 59.5 Å². The quantitative estimate of drug-likeness (QED) is 0.135. The Morgan fingerprint density at radius 3 is 0.366 bits per heavy atom. The molecule has 0 atom stereocenters. The molecule has 0 aromatic carbocycles. The van der Waals surface area contributed by atoms with E-state index in [1.807, 2.05) is 0 Å². The molecule has 34 nitrogen and oxygen atoms in total. The molecule has 0 bridgehead atoms. The van der Waals surface area contributed by atoms with Crippen molar-refractivity contribution in [2.45, 2.75) is 0 Å². The third kappa shape index (κ3) is 172. The fourth-order valence-corrected chi connectivity index (χ4v) is 10.7. The molecule has 0 fully saturated rings. The standard InChI is InChI=1S/7Mo.6H3N.4H2O.24O/h;;;;;;;6*1H3;4*1H2;;;;;;;;;;;;;;;;;;;;;;;;/q;;;;;;;;;;;;;;;;;;;;;;;;;;;;;;;;;;;6*-1/p+6. The summed E-state index contributed by atoms with van der Waals surface area (Å²) >= 11 is -42.3. The van der Waals surface area contributed by atoms with Crippen LogP contribution in [0.2, 0.25) is 0 Å². The summed E-state index contributed by atoms with van der Waals surface area (Å²) in [4.78, 5) is 0. The van der Waals surface area contributed by atoms with Gasteiger partial charge in [-0.3, -0.25) is 0 Å². The summed E-state index contributed by atoms with van der Waals surface area (Å²) in [5.74, 6) is 0. The van der Waals surface area contributed by atoms with E-state index in [0.717, 1.165) is 0 Å².